The number of carbonyl (C=O) groups is 1. The van der Waals surface area contributed by atoms with Crippen LogP contribution in [-0.2, 0) is 19.1 Å². The molecule has 3 aromatic rings. The molecule has 1 aromatic carbocycles. The minimum absolute atomic E-state index is 0.252. The van der Waals surface area contributed by atoms with Crippen LogP contribution < -0.4 is 5.32 Å². The Labute approximate surface area is 163 Å². The highest BCUT2D eigenvalue weighted by Gasteiger charge is 2.45. The van der Waals surface area contributed by atoms with Gasteiger partial charge in [-0.25, -0.2) is 0 Å². The molecule has 1 fully saturated rings. The number of benzene rings is 1. The fourth-order valence-electron chi connectivity index (χ4n) is 3.91. The first kappa shape index (κ1) is 18.5. The van der Waals surface area contributed by atoms with Gasteiger partial charge in [-0.3, -0.25) is 14.4 Å². The van der Waals surface area contributed by atoms with Crippen molar-refractivity contribution < 1.29 is 14.3 Å². The summed E-state index contributed by atoms with van der Waals surface area (Å²) in [7, 11) is 1.89. The second-order valence-electron chi connectivity index (χ2n) is 7.33. The molecule has 4 rings (SSSR count). The van der Waals surface area contributed by atoms with Crippen LogP contribution in [0.2, 0.25) is 0 Å². The lowest BCUT2D eigenvalue weighted by Gasteiger charge is -2.46. The molecule has 0 bridgehead atoms. The van der Waals surface area contributed by atoms with Crippen LogP contribution in [0.15, 0.2) is 65.7 Å². The molecule has 0 aliphatic carbocycles. The maximum atomic E-state index is 12.8. The molecule has 2 aromatic heterocycles. The standard InChI is InChI=1S/C21H24N4O3/c1-24-12-16(11-22-24)13-25-9-8-21(19(26)14-25,18-5-3-2-4-6-18)23-20(27)17-7-10-28-15-17/h2-7,10-12,15,19,26H,8-9,13-14H2,1H3,(H,23,27)/t19-,21-/m1/s1. The number of nitrogens with zero attached hydrogens (tertiary/aromatic N) is 3. The zero-order chi connectivity index (χ0) is 19.6. The average Bonchev–Trinajstić information content (AvgIpc) is 3.37. The molecule has 28 heavy (non-hydrogen) atoms. The predicted octanol–water partition coefficient (Wildman–Crippen LogP) is 1.91. The molecule has 7 heteroatoms. The summed E-state index contributed by atoms with van der Waals surface area (Å²) in [5.74, 6) is -0.252. The third kappa shape index (κ3) is 3.58. The van der Waals surface area contributed by atoms with E-state index in [4.69, 9.17) is 4.42 Å². The van der Waals surface area contributed by atoms with Crippen molar-refractivity contribution in [2.75, 3.05) is 13.1 Å². The van der Waals surface area contributed by atoms with Crippen molar-refractivity contribution in [1.29, 1.82) is 0 Å². The normalized spacial score (nSPS) is 22.9. The molecule has 0 radical (unpaired) electrons. The van der Waals surface area contributed by atoms with E-state index in [2.05, 4.69) is 15.3 Å². The number of rotatable bonds is 5. The zero-order valence-electron chi connectivity index (χ0n) is 15.8. The summed E-state index contributed by atoms with van der Waals surface area (Å²) < 4.78 is 6.81. The molecular weight excluding hydrogens is 356 g/mol. The summed E-state index contributed by atoms with van der Waals surface area (Å²) in [6.07, 6.45) is 6.55. The second-order valence-corrected chi connectivity index (χ2v) is 7.33. The quantitative estimate of drug-likeness (QED) is 0.706. The minimum atomic E-state index is -0.846. The number of hydrogen-bond donors (Lipinski definition) is 2. The number of aromatic nitrogens is 2. The van der Waals surface area contributed by atoms with Gasteiger partial charge in [0.25, 0.3) is 5.91 Å². The monoisotopic (exact) mass is 380 g/mol. The Morgan fingerprint density at radius 3 is 2.82 bits per heavy atom. The van der Waals surface area contributed by atoms with Crippen molar-refractivity contribution in [2.45, 2.75) is 24.6 Å². The van der Waals surface area contributed by atoms with E-state index < -0.39 is 11.6 Å². The van der Waals surface area contributed by atoms with Crippen LogP contribution in [-0.4, -0.2) is 44.9 Å². The molecule has 3 heterocycles. The Morgan fingerprint density at radius 1 is 1.36 bits per heavy atom. The smallest absolute Gasteiger partial charge is 0.255 e. The van der Waals surface area contributed by atoms with E-state index in [1.54, 1.807) is 10.7 Å². The molecule has 146 valence electrons. The van der Waals surface area contributed by atoms with E-state index in [1.807, 2.05) is 49.8 Å². The lowest BCUT2D eigenvalue weighted by molar-refractivity contribution is -0.0181. The van der Waals surface area contributed by atoms with Crippen molar-refractivity contribution in [3.63, 3.8) is 0 Å². The molecule has 0 unspecified atom stereocenters. The van der Waals surface area contributed by atoms with Crippen LogP contribution in [0.5, 0.6) is 0 Å². The van der Waals surface area contributed by atoms with E-state index in [1.165, 1.54) is 12.5 Å². The largest absolute Gasteiger partial charge is 0.472 e. The molecule has 1 amide bonds. The minimum Gasteiger partial charge on any atom is -0.472 e. The van der Waals surface area contributed by atoms with Gasteiger partial charge in [0, 0.05) is 38.4 Å². The van der Waals surface area contributed by atoms with Gasteiger partial charge in [-0.05, 0) is 18.1 Å². The van der Waals surface area contributed by atoms with Crippen LogP contribution in [0.3, 0.4) is 0 Å². The zero-order valence-corrected chi connectivity index (χ0v) is 15.8. The highest BCUT2D eigenvalue weighted by molar-refractivity contribution is 5.94. The van der Waals surface area contributed by atoms with Gasteiger partial charge >= 0.3 is 0 Å². The highest BCUT2D eigenvalue weighted by atomic mass is 16.3. The Hall–Kier alpha value is -2.90. The average molecular weight is 380 g/mol. The number of piperidine rings is 1. The summed E-state index contributed by atoms with van der Waals surface area (Å²) in [5.41, 5.74) is 1.60. The van der Waals surface area contributed by atoms with Gasteiger partial charge in [-0.1, -0.05) is 30.3 Å². The van der Waals surface area contributed by atoms with Gasteiger partial charge in [0.1, 0.15) is 6.26 Å². The fraction of sp³-hybridized carbons (Fsp3) is 0.333. The second kappa shape index (κ2) is 7.61. The number of furan rings is 1. The predicted molar refractivity (Wildman–Crippen MR) is 103 cm³/mol. The molecular formula is C21H24N4O3. The number of β-amino-alcohol motifs (C(OH)–C–C–N with tert-alkyl or cyclic N) is 1. The van der Waals surface area contributed by atoms with Crippen LogP contribution in [0.4, 0.5) is 0 Å². The van der Waals surface area contributed by atoms with Gasteiger partial charge in [0.15, 0.2) is 0 Å². The third-order valence-corrected chi connectivity index (χ3v) is 5.40. The maximum Gasteiger partial charge on any atom is 0.255 e. The summed E-state index contributed by atoms with van der Waals surface area (Å²) >= 11 is 0. The number of amides is 1. The molecule has 1 aliphatic rings. The third-order valence-electron chi connectivity index (χ3n) is 5.40. The molecule has 7 nitrogen and oxygen atoms in total. The fourth-order valence-corrected chi connectivity index (χ4v) is 3.91. The number of aliphatic hydroxyl groups excluding tert-OH is 1. The molecule has 1 aliphatic heterocycles. The number of hydrogen-bond acceptors (Lipinski definition) is 5. The maximum absolute atomic E-state index is 12.8. The van der Waals surface area contributed by atoms with E-state index >= 15 is 0 Å². The SMILES string of the molecule is Cn1cc(CN2CC[C@@](NC(=O)c3ccoc3)(c3ccccc3)[C@H](O)C2)cn1. The lowest BCUT2D eigenvalue weighted by Crippen LogP contribution is -2.61. The summed E-state index contributed by atoms with van der Waals surface area (Å²) in [6, 6.07) is 11.3. The van der Waals surface area contributed by atoms with Crippen molar-refractivity contribution in [1.82, 2.24) is 20.0 Å². The molecule has 2 atom stereocenters. The van der Waals surface area contributed by atoms with Gasteiger partial charge < -0.3 is 14.8 Å². The van der Waals surface area contributed by atoms with Gasteiger partial charge in [-0.15, -0.1) is 0 Å². The highest BCUT2D eigenvalue weighted by Crippen LogP contribution is 2.34. The van der Waals surface area contributed by atoms with Gasteiger partial charge in [0.2, 0.25) is 0 Å². The Bertz CT molecular complexity index is 922. The van der Waals surface area contributed by atoms with Crippen molar-refractivity contribution in [3.8, 4) is 0 Å². The Balaban J connectivity index is 1.57. The van der Waals surface area contributed by atoms with Crippen LogP contribution in [0, 0.1) is 0 Å². The first-order valence-corrected chi connectivity index (χ1v) is 9.35. The van der Waals surface area contributed by atoms with Gasteiger partial charge in [0.05, 0.1) is 29.7 Å². The van der Waals surface area contributed by atoms with Crippen LogP contribution >= 0.6 is 0 Å². The summed E-state index contributed by atoms with van der Waals surface area (Å²) in [4.78, 5) is 15.0. The van der Waals surface area contributed by atoms with E-state index in [0.717, 1.165) is 17.7 Å². The Kier molecular flexibility index (Phi) is 5.02. The van der Waals surface area contributed by atoms with E-state index in [-0.39, 0.29) is 5.91 Å². The number of aliphatic hydroxyl groups is 1. The molecule has 2 N–H and O–H groups in total. The van der Waals surface area contributed by atoms with Crippen molar-refractivity contribution >= 4 is 5.91 Å². The van der Waals surface area contributed by atoms with Gasteiger partial charge in [-0.2, -0.15) is 5.10 Å². The summed E-state index contributed by atoms with van der Waals surface area (Å²) in [5, 5.41) is 18.5. The van der Waals surface area contributed by atoms with E-state index in [0.29, 0.717) is 25.1 Å². The van der Waals surface area contributed by atoms with Crippen LogP contribution in [0.1, 0.15) is 27.9 Å². The molecule has 1 saturated heterocycles. The Morgan fingerprint density at radius 2 is 2.18 bits per heavy atom. The number of nitrogens with one attached hydrogen (secondary N) is 1. The number of likely N-dealkylation sites (tertiary alicyclic amines) is 1. The topological polar surface area (TPSA) is 83.5 Å². The van der Waals surface area contributed by atoms with Crippen LogP contribution in [0.25, 0.3) is 0 Å². The molecule has 0 spiro atoms. The van der Waals surface area contributed by atoms with Crippen molar-refractivity contribution in [3.05, 3.63) is 78.0 Å². The van der Waals surface area contributed by atoms with E-state index in [9.17, 15) is 9.90 Å². The first-order valence-electron chi connectivity index (χ1n) is 9.35. The summed E-state index contributed by atoms with van der Waals surface area (Å²) in [6.45, 7) is 1.91. The lowest BCUT2D eigenvalue weighted by atomic mass is 9.78. The number of carbonyl (C=O) groups excluding carboxylic acids is 1. The first-order chi connectivity index (χ1) is 13.6. The van der Waals surface area contributed by atoms with Crippen molar-refractivity contribution in [2.24, 2.45) is 7.05 Å². The molecule has 0 saturated carbocycles. The number of aryl methyl sites for hydroxylation is 1.